The van der Waals surface area contributed by atoms with E-state index in [9.17, 15) is 4.79 Å². The van der Waals surface area contributed by atoms with E-state index in [2.05, 4.69) is 9.97 Å². The summed E-state index contributed by atoms with van der Waals surface area (Å²) < 4.78 is 5.13. The molecule has 0 radical (unpaired) electrons. The van der Waals surface area contributed by atoms with Crippen molar-refractivity contribution in [1.29, 1.82) is 0 Å². The predicted molar refractivity (Wildman–Crippen MR) is 74.7 cm³/mol. The number of ether oxygens (including phenoxy) is 1. The number of carboxylic acid groups (broad SMARTS) is 1. The Labute approximate surface area is 117 Å². The summed E-state index contributed by atoms with van der Waals surface area (Å²) in [4.78, 5) is 19.0. The first-order valence-corrected chi connectivity index (χ1v) is 6.27. The van der Waals surface area contributed by atoms with Crippen LogP contribution in [0.25, 0.3) is 11.1 Å². The van der Waals surface area contributed by atoms with Crippen LogP contribution in [-0.4, -0.2) is 28.2 Å². The fourth-order valence-electron chi connectivity index (χ4n) is 1.97. The van der Waals surface area contributed by atoms with E-state index in [1.165, 1.54) is 0 Å². The highest BCUT2D eigenvalue weighted by atomic mass is 16.5. The second-order valence-corrected chi connectivity index (χ2v) is 4.53. The first kappa shape index (κ1) is 14.0. The molecule has 0 saturated carbocycles. The van der Waals surface area contributed by atoms with Crippen LogP contribution in [-0.2, 0) is 11.2 Å². The van der Waals surface area contributed by atoms with Gasteiger partial charge in [0.25, 0.3) is 0 Å². The summed E-state index contributed by atoms with van der Waals surface area (Å²) in [7, 11) is 1.59. The van der Waals surface area contributed by atoms with Crippen LogP contribution in [0.3, 0.4) is 0 Å². The second kappa shape index (κ2) is 6.14. The number of carbonyl (C=O) groups is 1. The Balaban J connectivity index is 2.26. The minimum Gasteiger partial charge on any atom is -0.481 e. The highest BCUT2D eigenvalue weighted by Gasteiger charge is 2.06. The quantitative estimate of drug-likeness (QED) is 0.905. The molecule has 0 spiro atoms. The van der Waals surface area contributed by atoms with Crippen LogP contribution in [0.15, 0.2) is 30.7 Å². The average molecular weight is 272 g/mol. The molecular formula is C15H16N2O3. The molecule has 0 fully saturated rings. The smallest absolute Gasteiger partial charge is 0.303 e. The Morgan fingerprint density at radius 1 is 1.25 bits per heavy atom. The number of nitrogens with zero attached hydrogens (tertiary/aromatic N) is 2. The molecule has 1 N–H and O–H groups in total. The number of methoxy groups -OCH3 is 1. The SMILES string of the molecule is COc1ncc(-c2cncc(CCC(=O)O)c2)cc1C. The van der Waals surface area contributed by atoms with Gasteiger partial charge in [0.2, 0.25) is 5.88 Å². The fourth-order valence-corrected chi connectivity index (χ4v) is 1.97. The van der Waals surface area contributed by atoms with E-state index in [0.29, 0.717) is 12.3 Å². The highest BCUT2D eigenvalue weighted by molar-refractivity contribution is 5.67. The van der Waals surface area contributed by atoms with Gasteiger partial charge in [-0.25, -0.2) is 4.98 Å². The molecule has 5 nitrogen and oxygen atoms in total. The van der Waals surface area contributed by atoms with Crippen LogP contribution in [0.4, 0.5) is 0 Å². The molecule has 0 amide bonds. The molecule has 0 aliphatic rings. The maximum absolute atomic E-state index is 10.6. The van der Waals surface area contributed by atoms with Crippen molar-refractivity contribution in [3.8, 4) is 17.0 Å². The predicted octanol–water partition coefficient (Wildman–Crippen LogP) is 2.48. The van der Waals surface area contributed by atoms with Crippen LogP contribution in [0.1, 0.15) is 17.5 Å². The lowest BCUT2D eigenvalue weighted by Gasteiger charge is -2.07. The maximum atomic E-state index is 10.6. The molecule has 0 unspecified atom stereocenters. The van der Waals surface area contributed by atoms with E-state index in [0.717, 1.165) is 22.3 Å². The van der Waals surface area contributed by atoms with E-state index in [-0.39, 0.29) is 6.42 Å². The van der Waals surface area contributed by atoms with Gasteiger partial charge in [-0.3, -0.25) is 9.78 Å². The summed E-state index contributed by atoms with van der Waals surface area (Å²) in [5, 5.41) is 8.71. The van der Waals surface area contributed by atoms with E-state index >= 15 is 0 Å². The monoisotopic (exact) mass is 272 g/mol. The van der Waals surface area contributed by atoms with Crippen molar-refractivity contribution in [3.05, 3.63) is 41.9 Å². The zero-order chi connectivity index (χ0) is 14.5. The number of aromatic nitrogens is 2. The molecular weight excluding hydrogens is 256 g/mol. The molecule has 5 heteroatoms. The minimum atomic E-state index is -0.808. The van der Waals surface area contributed by atoms with Crippen molar-refractivity contribution in [1.82, 2.24) is 9.97 Å². The topological polar surface area (TPSA) is 72.3 Å². The Bertz CT molecular complexity index is 626. The second-order valence-electron chi connectivity index (χ2n) is 4.53. The fraction of sp³-hybridized carbons (Fsp3) is 0.267. The third-order valence-corrected chi connectivity index (χ3v) is 2.98. The number of hydrogen-bond donors (Lipinski definition) is 1. The van der Waals surface area contributed by atoms with Crippen molar-refractivity contribution < 1.29 is 14.6 Å². The number of aryl methyl sites for hydroxylation is 2. The zero-order valence-electron chi connectivity index (χ0n) is 11.5. The molecule has 0 saturated heterocycles. The molecule has 2 aromatic rings. The van der Waals surface area contributed by atoms with Gasteiger partial charge in [0.1, 0.15) is 0 Å². The summed E-state index contributed by atoms with van der Waals surface area (Å²) in [5.74, 6) is -0.207. The number of carboxylic acids is 1. The number of hydrogen-bond acceptors (Lipinski definition) is 4. The van der Waals surface area contributed by atoms with Crippen molar-refractivity contribution >= 4 is 5.97 Å². The molecule has 2 aromatic heterocycles. The molecule has 0 aromatic carbocycles. The van der Waals surface area contributed by atoms with Gasteiger partial charge in [0, 0.05) is 41.7 Å². The van der Waals surface area contributed by atoms with E-state index in [1.54, 1.807) is 25.7 Å². The number of aliphatic carboxylic acids is 1. The number of rotatable bonds is 5. The van der Waals surface area contributed by atoms with Crippen molar-refractivity contribution in [2.75, 3.05) is 7.11 Å². The van der Waals surface area contributed by atoms with Crippen molar-refractivity contribution in [2.45, 2.75) is 19.8 Å². The summed E-state index contributed by atoms with van der Waals surface area (Å²) in [6, 6.07) is 3.92. The van der Waals surface area contributed by atoms with Gasteiger partial charge in [0.15, 0.2) is 0 Å². The van der Waals surface area contributed by atoms with Gasteiger partial charge in [-0.2, -0.15) is 0 Å². The largest absolute Gasteiger partial charge is 0.481 e. The van der Waals surface area contributed by atoms with Crippen LogP contribution in [0, 0.1) is 6.92 Å². The Morgan fingerprint density at radius 3 is 2.65 bits per heavy atom. The summed E-state index contributed by atoms with van der Waals surface area (Å²) in [6.07, 6.45) is 5.73. The lowest BCUT2D eigenvalue weighted by molar-refractivity contribution is -0.136. The van der Waals surface area contributed by atoms with Gasteiger partial charge in [-0.05, 0) is 31.0 Å². The van der Waals surface area contributed by atoms with Crippen LogP contribution < -0.4 is 4.74 Å². The average Bonchev–Trinajstić information content (AvgIpc) is 2.45. The van der Waals surface area contributed by atoms with Crippen LogP contribution in [0.2, 0.25) is 0 Å². The Morgan fingerprint density at radius 2 is 2.00 bits per heavy atom. The van der Waals surface area contributed by atoms with E-state index in [1.807, 2.05) is 19.1 Å². The van der Waals surface area contributed by atoms with Crippen molar-refractivity contribution in [3.63, 3.8) is 0 Å². The van der Waals surface area contributed by atoms with Gasteiger partial charge >= 0.3 is 5.97 Å². The molecule has 0 aliphatic carbocycles. The molecule has 0 atom stereocenters. The summed E-state index contributed by atoms with van der Waals surface area (Å²) in [6.45, 7) is 1.93. The third-order valence-electron chi connectivity index (χ3n) is 2.98. The lowest BCUT2D eigenvalue weighted by Crippen LogP contribution is -1.98. The van der Waals surface area contributed by atoms with Gasteiger partial charge in [-0.1, -0.05) is 0 Å². The first-order chi connectivity index (χ1) is 9.60. The molecule has 2 heterocycles. The molecule has 2 rings (SSSR count). The first-order valence-electron chi connectivity index (χ1n) is 6.27. The molecule has 104 valence electrons. The minimum absolute atomic E-state index is 0.102. The Hall–Kier alpha value is -2.43. The zero-order valence-corrected chi connectivity index (χ0v) is 11.5. The van der Waals surface area contributed by atoms with Gasteiger partial charge in [-0.15, -0.1) is 0 Å². The molecule has 0 aliphatic heterocycles. The summed E-state index contributed by atoms with van der Waals surface area (Å²) in [5.41, 5.74) is 3.71. The number of pyridine rings is 2. The Kier molecular flexibility index (Phi) is 4.30. The van der Waals surface area contributed by atoms with Gasteiger partial charge in [0.05, 0.1) is 7.11 Å². The van der Waals surface area contributed by atoms with E-state index in [4.69, 9.17) is 9.84 Å². The van der Waals surface area contributed by atoms with E-state index < -0.39 is 5.97 Å². The van der Waals surface area contributed by atoms with Crippen molar-refractivity contribution in [2.24, 2.45) is 0 Å². The highest BCUT2D eigenvalue weighted by Crippen LogP contribution is 2.24. The lowest BCUT2D eigenvalue weighted by atomic mass is 10.0. The standard InChI is InChI=1S/C15H16N2O3/c1-10-5-12(9-17-15(10)20-2)13-6-11(7-16-8-13)3-4-14(18)19/h5-9H,3-4H2,1-2H3,(H,18,19). The maximum Gasteiger partial charge on any atom is 0.303 e. The third kappa shape index (κ3) is 3.32. The molecule has 20 heavy (non-hydrogen) atoms. The summed E-state index contributed by atoms with van der Waals surface area (Å²) >= 11 is 0. The van der Waals surface area contributed by atoms with Crippen LogP contribution >= 0.6 is 0 Å². The molecule has 0 bridgehead atoms. The van der Waals surface area contributed by atoms with Crippen LogP contribution in [0.5, 0.6) is 5.88 Å². The van der Waals surface area contributed by atoms with Gasteiger partial charge < -0.3 is 9.84 Å². The normalized spacial score (nSPS) is 10.3.